The molecule has 2 N–H and O–H groups in total. The topological polar surface area (TPSA) is 126 Å². The van der Waals surface area contributed by atoms with Crippen LogP contribution in [0.3, 0.4) is 0 Å². The number of hydrogen-bond acceptors (Lipinski definition) is 6. The van der Waals surface area contributed by atoms with E-state index in [-0.39, 0.29) is 15.2 Å². The largest absolute Gasteiger partial charge is 0.294 e. The van der Waals surface area contributed by atoms with Crippen LogP contribution in [0.1, 0.15) is 0 Å². The lowest BCUT2D eigenvalue weighted by molar-refractivity contribution is 0.481. The fourth-order valence-electron chi connectivity index (χ4n) is 2.34. The van der Waals surface area contributed by atoms with Gasteiger partial charge in [-0.2, -0.15) is 16.8 Å². The maximum Gasteiger partial charge on any atom is 0.294 e. The van der Waals surface area contributed by atoms with Gasteiger partial charge in [0, 0.05) is 21.9 Å². The summed E-state index contributed by atoms with van der Waals surface area (Å²) in [6.07, 6.45) is 0. The van der Waals surface area contributed by atoms with E-state index in [1.807, 2.05) is 0 Å². The minimum atomic E-state index is -4.31. The van der Waals surface area contributed by atoms with Crippen LogP contribution in [0.25, 0.3) is 20.9 Å². The summed E-state index contributed by atoms with van der Waals surface area (Å²) in [4.78, 5) is 12.7. The molecule has 0 saturated heterocycles. The SMILES string of the molecule is O=c1cc(-c2ccc(S(=O)(=O)O)cc2)sc(-c2ccc(S(=O)(=O)O)cc2)c1. The third-order valence-electron chi connectivity index (χ3n) is 3.64. The molecule has 140 valence electrons. The molecule has 0 fully saturated rings. The van der Waals surface area contributed by atoms with Crippen molar-refractivity contribution >= 4 is 31.6 Å². The molecule has 0 saturated carbocycles. The van der Waals surface area contributed by atoms with Crippen molar-refractivity contribution in [2.75, 3.05) is 0 Å². The molecule has 0 unspecified atom stereocenters. The molecule has 3 rings (SSSR count). The molecule has 0 atom stereocenters. The Balaban J connectivity index is 2.03. The van der Waals surface area contributed by atoms with Gasteiger partial charge in [-0.05, 0) is 35.4 Å². The van der Waals surface area contributed by atoms with Gasteiger partial charge in [0.05, 0.1) is 9.79 Å². The molecule has 1 aromatic heterocycles. The van der Waals surface area contributed by atoms with Crippen LogP contribution in [0, 0.1) is 0 Å². The van der Waals surface area contributed by atoms with Crippen molar-refractivity contribution in [1.29, 1.82) is 0 Å². The Kier molecular flexibility index (Phi) is 5.02. The molecule has 2 aromatic carbocycles. The molecule has 7 nitrogen and oxygen atoms in total. The van der Waals surface area contributed by atoms with Crippen molar-refractivity contribution in [3.63, 3.8) is 0 Å². The van der Waals surface area contributed by atoms with Gasteiger partial charge in [-0.25, -0.2) is 0 Å². The molecule has 0 amide bonds. The summed E-state index contributed by atoms with van der Waals surface area (Å²) >= 11 is 1.25. The van der Waals surface area contributed by atoms with Crippen LogP contribution in [-0.2, 0) is 20.2 Å². The summed E-state index contributed by atoms with van der Waals surface area (Å²) < 4.78 is 62.5. The second-order valence-electron chi connectivity index (χ2n) is 5.52. The van der Waals surface area contributed by atoms with E-state index in [0.29, 0.717) is 20.9 Å². The standard InChI is InChI=1S/C17H12O7S3/c18-13-9-16(11-1-5-14(6-2-11)26(19,20)21)25-17(10-13)12-3-7-15(8-4-12)27(22,23)24/h1-10H,(H,19,20,21)(H,22,23,24). The molecule has 0 aliphatic carbocycles. The Morgan fingerprint density at radius 2 is 0.963 bits per heavy atom. The first-order valence-electron chi connectivity index (χ1n) is 7.35. The summed E-state index contributed by atoms with van der Waals surface area (Å²) in [5.74, 6) is 0. The van der Waals surface area contributed by atoms with E-state index in [4.69, 9.17) is 9.11 Å². The highest BCUT2D eigenvalue weighted by Gasteiger charge is 2.12. The van der Waals surface area contributed by atoms with Crippen molar-refractivity contribution in [2.45, 2.75) is 9.79 Å². The Hall–Kier alpha value is -2.37. The summed E-state index contributed by atoms with van der Waals surface area (Å²) in [6.45, 7) is 0. The van der Waals surface area contributed by atoms with Gasteiger partial charge >= 0.3 is 0 Å². The molecule has 3 aromatic rings. The third-order valence-corrected chi connectivity index (χ3v) is 6.52. The second kappa shape index (κ2) is 6.98. The van der Waals surface area contributed by atoms with Crippen molar-refractivity contribution in [3.8, 4) is 20.9 Å². The van der Waals surface area contributed by atoms with E-state index >= 15 is 0 Å². The fourth-order valence-corrected chi connectivity index (χ4v) is 4.40. The smallest absolute Gasteiger partial charge is 0.290 e. The summed E-state index contributed by atoms with van der Waals surface area (Å²) in [5.41, 5.74) is 0.887. The minimum absolute atomic E-state index is 0.254. The molecule has 1 heterocycles. The van der Waals surface area contributed by atoms with Gasteiger partial charge < -0.3 is 0 Å². The van der Waals surface area contributed by atoms with E-state index in [1.54, 1.807) is 0 Å². The molecular weight excluding hydrogens is 412 g/mol. The highest BCUT2D eigenvalue weighted by atomic mass is 32.2. The predicted molar refractivity (Wildman–Crippen MR) is 101 cm³/mol. The zero-order valence-electron chi connectivity index (χ0n) is 13.4. The number of benzene rings is 2. The van der Waals surface area contributed by atoms with E-state index in [2.05, 4.69) is 0 Å². The maximum atomic E-state index is 12.0. The lowest BCUT2D eigenvalue weighted by Gasteiger charge is -2.06. The van der Waals surface area contributed by atoms with Gasteiger partial charge in [0.2, 0.25) is 0 Å². The van der Waals surface area contributed by atoms with Gasteiger partial charge in [0.25, 0.3) is 20.2 Å². The van der Waals surface area contributed by atoms with Crippen molar-refractivity contribution in [3.05, 3.63) is 70.9 Å². The van der Waals surface area contributed by atoms with Crippen LogP contribution >= 0.6 is 11.3 Å². The van der Waals surface area contributed by atoms with Crippen LogP contribution in [0.2, 0.25) is 0 Å². The molecule has 27 heavy (non-hydrogen) atoms. The second-order valence-corrected chi connectivity index (χ2v) is 9.45. The normalized spacial score (nSPS) is 12.1. The summed E-state index contributed by atoms with van der Waals surface area (Å²) in [6, 6.07) is 13.6. The first-order valence-corrected chi connectivity index (χ1v) is 11.0. The highest BCUT2D eigenvalue weighted by Crippen LogP contribution is 2.31. The molecule has 0 aliphatic rings. The number of rotatable bonds is 4. The van der Waals surface area contributed by atoms with Gasteiger partial charge in [-0.1, -0.05) is 24.3 Å². The van der Waals surface area contributed by atoms with E-state index < -0.39 is 20.2 Å². The van der Waals surface area contributed by atoms with Crippen molar-refractivity contribution in [1.82, 2.24) is 0 Å². The number of hydrogen-bond donors (Lipinski definition) is 2. The Morgan fingerprint density at radius 3 is 1.26 bits per heavy atom. The Labute approximate surface area is 159 Å². The lowest BCUT2D eigenvalue weighted by atomic mass is 10.1. The Bertz CT molecular complexity index is 1160. The first kappa shape index (κ1) is 19.4. The Morgan fingerprint density at radius 1 is 0.630 bits per heavy atom. The lowest BCUT2D eigenvalue weighted by Crippen LogP contribution is -1.99. The average Bonchev–Trinajstić information content (AvgIpc) is 2.60. The van der Waals surface area contributed by atoms with Crippen LogP contribution in [0.4, 0.5) is 0 Å². The van der Waals surface area contributed by atoms with Gasteiger partial charge in [0.1, 0.15) is 0 Å². The van der Waals surface area contributed by atoms with Crippen LogP contribution in [0.15, 0.2) is 75.2 Å². The third kappa shape index (κ3) is 4.49. The molecule has 10 heteroatoms. The predicted octanol–water partition coefficient (Wildman–Crippen LogP) is 2.94. The van der Waals surface area contributed by atoms with Gasteiger partial charge in [0.15, 0.2) is 5.43 Å². The summed E-state index contributed by atoms with van der Waals surface area (Å²) in [5, 5.41) is 0. The maximum absolute atomic E-state index is 12.0. The average molecular weight is 424 g/mol. The molecule has 0 bridgehead atoms. The summed E-state index contributed by atoms with van der Waals surface area (Å²) in [7, 11) is -8.61. The molecule has 0 radical (unpaired) electrons. The van der Waals surface area contributed by atoms with E-state index in [1.165, 1.54) is 72.0 Å². The van der Waals surface area contributed by atoms with Crippen molar-refractivity contribution < 1.29 is 25.9 Å². The molecule has 0 aliphatic heterocycles. The van der Waals surface area contributed by atoms with E-state index in [0.717, 1.165) is 0 Å². The molecular formula is C17H12O7S3. The van der Waals surface area contributed by atoms with E-state index in [9.17, 15) is 21.6 Å². The minimum Gasteiger partial charge on any atom is -0.290 e. The van der Waals surface area contributed by atoms with Gasteiger partial charge in [-0.15, -0.1) is 11.3 Å². The van der Waals surface area contributed by atoms with Crippen LogP contribution in [-0.4, -0.2) is 25.9 Å². The monoisotopic (exact) mass is 424 g/mol. The molecule has 0 spiro atoms. The zero-order chi connectivity index (χ0) is 19.8. The highest BCUT2D eigenvalue weighted by molar-refractivity contribution is 7.86. The van der Waals surface area contributed by atoms with Crippen molar-refractivity contribution in [2.24, 2.45) is 0 Å². The van der Waals surface area contributed by atoms with Crippen LogP contribution in [0.5, 0.6) is 0 Å². The quantitative estimate of drug-likeness (QED) is 0.617. The first-order chi connectivity index (χ1) is 12.5. The van der Waals surface area contributed by atoms with Gasteiger partial charge in [-0.3, -0.25) is 13.9 Å². The fraction of sp³-hybridized carbons (Fsp3) is 0. The van der Waals surface area contributed by atoms with Crippen LogP contribution < -0.4 is 5.43 Å². The zero-order valence-corrected chi connectivity index (χ0v) is 15.9.